The Morgan fingerprint density at radius 2 is 2.06 bits per heavy atom. The van der Waals surface area contributed by atoms with Gasteiger partial charge in [-0.3, -0.25) is 4.79 Å². The molecule has 0 bridgehead atoms. The number of carbonyl (C=O) groups excluding carboxylic acids is 1. The zero-order valence-corrected chi connectivity index (χ0v) is 9.69. The van der Waals surface area contributed by atoms with Gasteiger partial charge in [-0.1, -0.05) is 0 Å². The minimum Gasteiger partial charge on any atom is -0.276 e. The third kappa shape index (κ3) is 2.29. The smallest absolute Gasteiger partial charge is 0.276 e. The molecule has 1 aliphatic rings. The Morgan fingerprint density at radius 3 is 2.47 bits per heavy atom. The standard InChI is InChI=1S/C11H9ClF3NO/c1-10(13,14)7-3-2-6(9(12)17)8(16-7)11(15)4-5-11/h2-3H,4-5H2,1H3. The quantitative estimate of drug-likeness (QED) is 0.781. The van der Waals surface area contributed by atoms with Crippen LogP contribution in [0.3, 0.4) is 0 Å². The van der Waals surface area contributed by atoms with Crippen LogP contribution in [0.25, 0.3) is 0 Å². The lowest BCUT2D eigenvalue weighted by molar-refractivity contribution is 0.0122. The van der Waals surface area contributed by atoms with Crippen LogP contribution in [0.1, 0.15) is 41.5 Å². The fourth-order valence-electron chi connectivity index (χ4n) is 1.55. The number of hydrogen-bond donors (Lipinski definition) is 0. The topological polar surface area (TPSA) is 30.0 Å². The van der Waals surface area contributed by atoms with Crippen LogP contribution in [0.2, 0.25) is 0 Å². The molecule has 0 radical (unpaired) electrons. The number of alkyl halides is 3. The molecule has 1 aromatic heterocycles. The van der Waals surface area contributed by atoms with Gasteiger partial charge in [-0.25, -0.2) is 9.37 Å². The van der Waals surface area contributed by atoms with Crippen LogP contribution in [0.4, 0.5) is 13.2 Å². The molecule has 0 N–H and O–H groups in total. The maximum absolute atomic E-state index is 13.9. The second-order valence-corrected chi connectivity index (χ2v) is 4.56. The summed E-state index contributed by atoms with van der Waals surface area (Å²) in [5, 5.41) is -0.887. The molecular formula is C11H9ClF3NO. The number of halogens is 4. The van der Waals surface area contributed by atoms with Crippen LogP contribution >= 0.6 is 11.6 Å². The van der Waals surface area contributed by atoms with Gasteiger partial charge in [0, 0.05) is 6.92 Å². The summed E-state index contributed by atoms with van der Waals surface area (Å²) in [7, 11) is 0. The van der Waals surface area contributed by atoms with E-state index in [1.165, 1.54) is 0 Å². The minimum atomic E-state index is -3.17. The third-order valence-electron chi connectivity index (χ3n) is 2.67. The largest absolute Gasteiger partial charge is 0.286 e. The lowest BCUT2D eigenvalue weighted by Gasteiger charge is -2.14. The first-order chi connectivity index (χ1) is 7.74. The van der Waals surface area contributed by atoms with Crippen molar-refractivity contribution in [3.63, 3.8) is 0 Å². The molecule has 1 saturated carbocycles. The van der Waals surface area contributed by atoms with Crippen molar-refractivity contribution in [3.05, 3.63) is 29.1 Å². The molecule has 1 aliphatic carbocycles. The lowest BCUT2D eigenvalue weighted by Crippen LogP contribution is -2.16. The molecule has 17 heavy (non-hydrogen) atoms. The van der Waals surface area contributed by atoms with Crippen molar-refractivity contribution < 1.29 is 18.0 Å². The fourth-order valence-corrected chi connectivity index (χ4v) is 1.70. The van der Waals surface area contributed by atoms with Crippen molar-refractivity contribution in [1.82, 2.24) is 4.98 Å². The minimum absolute atomic E-state index is 0.139. The molecule has 0 saturated heterocycles. The van der Waals surface area contributed by atoms with E-state index in [1.54, 1.807) is 0 Å². The molecule has 2 rings (SSSR count). The Morgan fingerprint density at radius 1 is 1.47 bits per heavy atom. The van der Waals surface area contributed by atoms with E-state index in [2.05, 4.69) is 4.98 Å². The first-order valence-corrected chi connectivity index (χ1v) is 5.40. The first kappa shape index (κ1) is 12.4. The fraction of sp³-hybridized carbons (Fsp3) is 0.455. The average Bonchev–Trinajstić information content (AvgIpc) is 2.95. The summed E-state index contributed by atoms with van der Waals surface area (Å²) in [6, 6.07) is 2.09. The second-order valence-electron chi connectivity index (χ2n) is 4.22. The monoisotopic (exact) mass is 263 g/mol. The summed E-state index contributed by atoms with van der Waals surface area (Å²) >= 11 is 5.28. The van der Waals surface area contributed by atoms with E-state index in [9.17, 15) is 18.0 Å². The zero-order valence-electron chi connectivity index (χ0n) is 8.94. The third-order valence-corrected chi connectivity index (χ3v) is 2.87. The van der Waals surface area contributed by atoms with Gasteiger partial charge in [-0.05, 0) is 36.6 Å². The van der Waals surface area contributed by atoms with Gasteiger partial charge in [0.15, 0.2) is 5.67 Å². The Balaban J connectivity index is 2.55. The van der Waals surface area contributed by atoms with Gasteiger partial charge in [0.05, 0.1) is 11.3 Å². The molecule has 1 fully saturated rings. The second kappa shape index (κ2) is 3.70. The number of hydrogen-bond acceptors (Lipinski definition) is 2. The van der Waals surface area contributed by atoms with Crippen LogP contribution in [0.15, 0.2) is 12.1 Å². The van der Waals surface area contributed by atoms with Gasteiger partial charge >= 0.3 is 0 Å². The van der Waals surface area contributed by atoms with E-state index >= 15 is 0 Å². The average molecular weight is 264 g/mol. The van der Waals surface area contributed by atoms with Gasteiger partial charge < -0.3 is 0 Å². The van der Waals surface area contributed by atoms with Crippen molar-refractivity contribution in [1.29, 1.82) is 0 Å². The van der Waals surface area contributed by atoms with E-state index in [0.717, 1.165) is 12.1 Å². The molecule has 0 atom stereocenters. The SMILES string of the molecule is CC(F)(F)c1ccc(C(=O)Cl)c(C2(F)CC2)n1. The Kier molecular flexibility index (Phi) is 2.69. The summed E-state index contributed by atoms with van der Waals surface area (Å²) < 4.78 is 40.0. The van der Waals surface area contributed by atoms with Crippen LogP contribution in [0.5, 0.6) is 0 Å². The summed E-state index contributed by atoms with van der Waals surface area (Å²) in [4.78, 5) is 14.6. The lowest BCUT2D eigenvalue weighted by atomic mass is 10.1. The number of rotatable bonds is 3. The molecule has 0 amide bonds. The van der Waals surface area contributed by atoms with E-state index in [1.807, 2.05) is 0 Å². The molecule has 6 heteroatoms. The highest BCUT2D eigenvalue weighted by Gasteiger charge is 2.49. The van der Waals surface area contributed by atoms with E-state index in [-0.39, 0.29) is 24.1 Å². The number of pyridine rings is 1. The molecule has 0 spiro atoms. The van der Waals surface area contributed by atoms with Gasteiger partial charge in [0.2, 0.25) is 0 Å². The molecule has 92 valence electrons. The van der Waals surface area contributed by atoms with Crippen molar-refractivity contribution in [2.45, 2.75) is 31.4 Å². The van der Waals surface area contributed by atoms with Crippen LogP contribution in [-0.2, 0) is 11.6 Å². The van der Waals surface area contributed by atoms with E-state index < -0.39 is 22.5 Å². The van der Waals surface area contributed by atoms with Gasteiger partial charge in [0.1, 0.15) is 5.69 Å². The molecule has 1 aromatic rings. The maximum Gasteiger partial charge on any atom is 0.286 e. The predicted octanol–water partition coefficient (Wildman–Crippen LogP) is 3.53. The first-order valence-electron chi connectivity index (χ1n) is 5.03. The van der Waals surface area contributed by atoms with Crippen LogP contribution < -0.4 is 0 Å². The summed E-state index contributed by atoms with van der Waals surface area (Å²) in [5.41, 5.74) is -2.74. The van der Waals surface area contributed by atoms with Crippen molar-refractivity contribution >= 4 is 16.8 Å². The zero-order chi connectivity index (χ0) is 12.8. The van der Waals surface area contributed by atoms with Gasteiger partial charge in [0.25, 0.3) is 11.2 Å². The number of nitrogens with zero attached hydrogens (tertiary/aromatic N) is 1. The molecule has 2 nitrogen and oxygen atoms in total. The maximum atomic E-state index is 13.9. The summed E-state index contributed by atoms with van der Waals surface area (Å²) in [6.07, 6.45) is 0.353. The van der Waals surface area contributed by atoms with Crippen LogP contribution in [-0.4, -0.2) is 10.2 Å². The Hall–Kier alpha value is -1.10. The van der Waals surface area contributed by atoms with Gasteiger partial charge in [-0.15, -0.1) is 0 Å². The molecule has 0 aliphatic heterocycles. The number of aromatic nitrogens is 1. The van der Waals surface area contributed by atoms with E-state index in [4.69, 9.17) is 11.6 Å². The van der Waals surface area contributed by atoms with Crippen molar-refractivity contribution in [2.24, 2.45) is 0 Å². The predicted molar refractivity (Wildman–Crippen MR) is 56.0 cm³/mol. The highest BCUT2D eigenvalue weighted by atomic mass is 35.5. The molecule has 0 aromatic carbocycles. The summed E-state index contributed by atoms with van der Waals surface area (Å²) in [6.45, 7) is 0.666. The molecule has 0 unspecified atom stereocenters. The number of carbonyl (C=O) groups is 1. The van der Waals surface area contributed by atoms with Crippen LogP contribution in [0, 0.1) is 0 Å². The normalized spacial score (nSPS) is 17.9. The molecular weight excluding hydrogens is 255 g/mol. The van der Waals surface area contributed by atoms with E-state index in [0.29, 0.717) is 6.92 Å². The molecule has 1 heterocycles. The summed E-state index contributed by atoms with van der Waals surface area (Å²) in [5.74, 6) is -3.17. The Labute approximate surface area is 101 Å². The van der Waals surface area contributed by atoms with Gasteiger partial charge in [-0.2, -0.15) is 8.78 Å². The highest BCUT2D eigenvalue weighted by Crippen LogP contribution is 2.50. The highest BCUT2D eigenvalue weighted by molar-refractivity contribution is 6.67. The Bertz CT molecular complexity index is 480. The van der Waals surface area contributed by atoms with Crippen molar-refractivity contribution in [3.8, 4) is 0 Å². The van der Waals surface area contributed by atoms with Crippen molar-refractivity contribution in [2.75, 3.05) is 0 Å².